The molecule has 0 aromatic carbocycles. The quantitative estimate of drug-likeness (QED) is 0.429. The standard InChI is InChI=1S/C7H10/c1-2-5-6-4-7(5,6)3-1/h5-6H,1-4H2/t5?,6?,7-/m1/s1. The highest BCUT2D eigenvalue weighted by molar-refractivity contribution is 5.27. The van der Waals surface area contributed by atoms with Crippen LogP contribution in [0.1, 0.15) is 25.7 Å². The van der Waals surface area contributed by atoms with E-state index in [1.54, 1.807) is 25.7 Å². The first kappa shape index (κ1) is 3.11. The lowest BCUT2D eigenvalue weighted by molar-refractivity contribution is 0.563. The Bertz CT molecular complexity index is 128. The molecule has 3 saturated carbocycles. The molecule has 3 aliphatic carbocycles. The molecule has 3 aliphatic rings. The van der Waals surface area contributed by atoms with E-state index in [-0.39, 0.29) is 0 Å². The summed E-state index contributed by atoms with van der Waals surface area (Å²) in [6, 6.07) is 0. The monoisotopic (exact) mass is 94.1 g/mol. The summed E-state index contributed by atoms with van der Waals surface area (Å²) in [6.07, 6.45) is 6.37. The minimum atomic E-state index is 1.03. The van der Waals surface area contributed by atoms with Crippen LogP contribution in [0.4, 0.5) is 0 Å². The van der Waals surface area contributed by atoms with Gasteiger partial charge in [-0.3, -0.25) is 0 Å². The molecule has 0 aromatic rings. The predicted octanol–water partition coefficient (Wildman–Crippen LogP) is 1.81. The zero-order chi connectivity index (χ0) is 4.48. The Hall–Kier alpha value is 0. The van der Waals surface area contributed by atoms with E-state index in [0.717, 1.165) is 5.41 Å². The number of hydrogen-bond donors (Lipinski definition) is 0. The van der Waals surface area contributed by atoms with E-state index in [1.807, 2.05) is 0 Å². The first-order valence-corrected chi connectivity index (χ1v) is 3.43. The average molecular weight is 94.2 g/mol. The van der Waals surface area contributed by atoms with Crippen LogP contribution >= 0.6 is 0 Å². The summed E-state index contributed by atoms with van der Waals surface area (Å²) in [6.45, 7) is 0. The molecule has 0 bridgehead atoms. The summed E-state index contributed by atoms with van der Waals surface area (Å²) in [5.74, 6) is 2.52. The van der Waals surface area contributed by atoms with Crippen molar-refractivity contribution in [2.24, 2.45) is 17.3 Å². The second-order valence-corrected chi connectivity index (χ2v) is 3.54. The first-order valence-electron chi connectivity index (χ1n) is 3.43. The molecule has 0 radical (unpaired) electrons. The van der Waals surface area contributed by atoms with E-state index in [1.165, 1.54) is 11.8 Å². The molecule has 0 N–H and O–H groups in total. The third kappa shape index (κ3) is 0.167. The van der Waals surface area contributed by atoms with E-state index in [9.17, 15) is 0 Å². The molecule has 3 rings (SSSR count). The van der Waals surface area contributed by atoms with Crippen LogP contribution in [0.25, 0.3) is 0 Å². The van der Waals surface area contributed by atoms with Crippen molar-refractivity contribution in [3.8, 4) is 0 Å². The SMILES string of the molecule is C1CC2C3C[C@]23C1. The van der Waals surface area contributed by atoms with E-state index in [0.29, 0.717) is 0 Å². The van der Waals surface area contributed by atoms with Gasteiger partial charge in [-0.1, -0.05) is 6.42 Å². The van der Waals surface area contributed by atoms with Crippen LogP contribution in [-0.2, 0) is 0 Å². The Morgan fingerprint density at radius 1 is 1.29 bits per heavy atom. The zero-order valence-electron chi connectivity index (χ0n) is 4.48. The highest BCUT2D eigenvalue weighted by Crippen LogP contribution is 2.86. The van der Waals surface area contributed by atoms with Crippen molar-refractivity contribution in [1.82, 2.24) is 0 Å². The van der Waals surface area contributed by atoms with E-state index < -0.39 is 0 Å². The summed E-state index contributed by atoms with van der Waals surface area (Å²) in [5, 5.41) is 0. The lowest BCUT2D eigenvalue weighted by Gasteiger charge is -1.93. The Morgan fingerprint density at radius 3 is 2.57 bits per heavy atom. The number of rotatable bonds is 0. The Balaban J connectivity index is 2.07. The molecule has 2 unspecified atom stereocenters. The molecule has 0 amide bonds. The van der Waals surface area contributed by atoms with Gasteiger partial charge in [-0.25, -0.2) is 0 Å². The van der Waals surface area contributed by atoms with Crippen molar-refractivity contribution in [1.29, 1.82) is 0 Å². The van der Waals surface area contributed by atoms with E-state index in [2.05, 4.69) is 0 Å². The fraction of sp³-hybridized carbons (Fsp3) is 1.00. The molecule has 38 valence electrons. The average Bonchev–Trinajstić information content (AvgIpc) is 2.41. The fourth-order valence-electron chi connectivity index (χ4n) is 2.77. The molecule has 0 aromatic heterocycles. The van der Waals surface area contributed by atoms with Gasteiger partial charge in [0.15, 0.2) is 0 Å². The molecule has 1 spiro atoms. The maximum Gasteiger partial charge on any atom is -0.0232 e. The predicted molar refractivity (Wildman–Crippen MR) is 27.9 cm³/mol. The van der Waals surface area contributed by atoms with Gasteiger partial charge in [0.05, 0.1) is 0 Å². The second kappa shape index (κ2) is 0.586. The normalized spacial score (nSPS) is 72.0. The lowest BCUT2D eigenvalue weighted by Crippen LogP contribution is -1.85. The molecule has 0 nitrogen and oxygen atoms in total. The van der Waals surface area contributed by atoms with Crippen molar-refractivity contribution in [3.05, 3.63) is 0 Å². The van der Waals surface area contributed by atoms with Crippen LogP contribution in [0.15, 0.2) is 0 Å². The van der Waals surface area contributed by atoms with Crippen LogP contribution < -0.4 is 0 Å². The number of fused-ring (bicyclic) bond motifs is 1. The zero-order valence-corrected chi connectivity index (χ0v) is 4.48. The Kier molecular flexibility index (Phi) is 0.260. The smallest absolute Gasteiger partial charge is 0.0232 e. The number of hydrogen-bond acceptors (Lipinski definition) is 0. The summed E-state index contributed by atoms with van der Waals surface area (Å²) >= 11 is 0. The van der Waals surface area contributed by atoms with Gasteiger partial charge in [0.25, 0.3) is 0 Å². The lowest BCUT2D eigenvalue weighted by atomic mass is 10.1. The van der Waals surface area contributed by atoms with Crippen molar-refractivity contribution in [3.63, 3.8) is 0 Å². The van der Waals surface area contributed by atoms with Gasteiger partial charge >= 0.3 is 0 Å². The molecule has 3 fully saturated rings. The van der Waals surface area contributed by atoms with Crippen molar-refractivity contribution >= 4 is 0 Å². The molecule has 7 heavy (non-hydrogen) atoms. The summed E-state index contributed by atoms with van der Waals surface area (Å²) in [7, 11) is 0. The third-order valence-corrected chi connectivity index (χ3v) is 3.45. The van der Waals surface area contributed by atoms with Crippen LogP contribution in [0, 0.1) is 17.3 Å². The summed E-state index contributed by atoms with van der Waals surface area (Å²) in [5.41, 5.74) is 1.03. The molecule has 3 atom stereocenters. The van der Waals surface area contributed by atoms with E-state index >= 15 is 0 Å². The van der Waals surface area contributed by atoms with Gasteiger partial charge in [-0.2, -0.15) is 0 Å². The van der Waals surface area contributed by atoms with Gasteiger partial charge in [-0.15, -0.1) is 0 Å². The summed E-state index contributed by atoms with van der Waals surface area (Å²) < 4.78 is 0. The third-order valence-electron chi connectivity index (χ3n) is 3.45. The van der Waals surface area contributed by atoms with Crippen LogP contribution in [0.2, 0.25) is 0 Å². The highest BCUT2D eigenvalue weighted by atomic mass is 14.8. The second-order valence-electron chi connectivity index (χ2n) is 3.54. The largest absolute Gasteiger partial charge is 0.0525 e. The van der Waals surface area contributed by atoms with Gasteiger partial charge in [0, 0.05) is 0 Å². The molecule has 0 heterocycles. The minimum Gasteiger partial charge on any atom is -0.0525 e. The molecular formula is C7H10. The van der Waals surface area contributed by atoms with E-state index in [4.69, 9.17) is 0 Å². The topological polar surface area (TPSA) is 0 Å². The van der Waals surface area contributed by atoms with Gasteiger partial charge < -0.3 is 0 Å². The Labute approximate surface area is 43.9 Å². The Morgan fingerprint density at radius 2 is 2.29 bits per heavy atom. The maximum atomic E-state index is 1.62. The first-order chi connectivity index (χ1) is 3.43. The van der Waals surface area contributed by atoms with Gasteiger partial charge in [0.1, 0.15) is 0 Å². The van der Waals surface area contributed by atoms with Gasteiger partial charge in [-0.05, 0) is 36.5 Å². The molecule has 0 saturated heterocycles. The van der Waals surface area contributed by atoms with Gasteiger partial charge in [0.2, 0.25) is 0 Å². The fourth-order valence-corrected chi connectivity index (χ4v) is 2.77. The molecule has 0 heteroatoms. The van der Waals surface area contributed by atoms with Crippen molar-refractivity contribution in [2.45, 2.75) is 25.7 Å². The maximum absolute atomic E-state index is 1.62. The van der Waals surface area contributed by atoms with Crippen molar-refractivity contribution < 1.29 is 0 Å². The van der Waals surface area contributed by atoms with Crippen LogP contribution in [-0.4, -0.2) is 0 Å². The van der Waals surface area contributed by atoms with Crippen LogP contribution in [0.3, 0.4) is 0 Å². The summed E-state index contributed by atoms with van der Waals surface area (Å²) in [4.78, 5) is 0. The molecular weight excluding hydrogens is 84.1 g/mol. The van der Waals surface area contributed by atoms with Crippen molar-refractivity contribution in [2.75, 3.05) is 0 Å². The minimum absolute atomic E-state index is 1.03. The highest BCUT2D eigenvalue weighted by Gasteiger charge is 2.79. The van der Waals surface area contributed by atoms with Crippen LogP contribution in [0.5, 0.6) is 0 Å². The molecule has 0 aliphatic heterocycles.